The van der Waals surface area contributed by atoms with Gasteiger partial charge in [0.25, 0.3) is 0 Å². The number of carboxylic acids is 1. The number of para-hydroxylation sites is 1. The van der Waals surface area contributed by atoms with Crippen LogP contribution in [-0.2, 0) is 13.6 Å². The fourth-order valence-electron chi connectivity index (χ4n) is 5.04. The summed E-state index contributed by atoms with van der Waals surface area (Å²) in [6, 6.07) is 11.5. The van der Waals surface area contributed by atoms with E-state index in [9.17, 15) is 9.90 Å². The monoisotopic (exact) mass is 524 g/mol. The maximum absolute atomic E-state index is 11.3. The Kier molecular flexibility index (Phi) is 6.07. The molecule has 10 heteroatoms. The van der Waals surface area contributed by atoms with Crippen molar-refractivity contribution in [3.8, 4) is 11.5 Å². The van der Waals surface area contributed by atoms with Gasteiger partial charge in [0.05, 0.1) is 22.8 Å². The third-order valence-corrected chi connectivity index (χ3v) is 8.24. The van der Waals surface area contributed by atoms with Crippen molar-refractivity contribution in [3.05, 3.63) is 69.6 Å². The number of benzene rings is 1. The van der Waals surface area contributed by atoms with E-state index in [-0.39, 0.29) is 6.10 Å². The summed E-state index contributed by atoms with van der Waals surface area (Å²) in [4.78, 5) is 23.9. The molecule has 2 aliphatic heterocycles. The largest absolute Gasteiger partial charge is 0.485 e. The normalized spacial score (nSPS) is 18.6. The lowest BCUT2D eigenvalue weighted by Gasteiger charge is -2.34. The first-order chi connectivity index (χ1) is 17.5. The molecule has 8 nitrogen and oxygen atoms in total. The van der Waals surface area contributed by atoms with E-state index >= 15 is 0 Å². The molecule has 0 spiro atoms. The number of aromatic nitrogens is 3. The number of imidazole rings is 1. The molecule has 1 saturated heterocycles. The minimum atomic E-state index is -0.906. The van der Waals surface area contributed by atoms with Crippen molar-refractivity contribution in [1.82, 2.24) is 19.4 Å². The van der Waals surface area contributed by atoms with Crippen molar-refractivity contribution < 1.29 is 19.4 Å². The molecule has 3 aromatic heterocycles. The van der Waals surface area contributed by atoms with E-state index in [1.54, 1.807) is 12.3 Å². The molecule has 36 heavy (non-hydrogen) atoms. The lowest BCUT2D eigenvalue weighted by Crippen LogP contribution is -2.33. The maximum Gasteiger partial charge on any atom is 0.346 e. The van der Waals surface area contributed by atoms with Crippen molar-refractivity contribution >= 4 is 39.3 Å². The van der Waals surface area contributed by atoms with Crippen molar-refractivity contribution in [2.45, 2.75) is 31.4 Å². The first kappa shape index (κ1) is 23.3. The number of likely N-dealkylation sites (tertiary alicyclic amines) is 1. The van der Waals surface area contributed by atoms with E-state index in [1.165, 1.54) is 16.9 Å². The maximum atomic E-state index is 11.3. The van der Waals surface area contributed by atoms with Gasteiger partial charge < -0.3 is 19.1 Å². The highest BCUT2D eigenvalue weighted by Gasteiger charge is 2.30. The molecule has 0 aliphatic carbocycles. The van der Waals surface area contributed by atoms with Gasteiger partial charge in [-0.25, -0.2) is 9.78 Å². The molecule has 1 aromatic carbocycles. The molecule has 1 unspecified atom stereocenters. The highest BCUT2D eigenvalue weighted by atomic mass is 35.5. The Morgan fingerprint density at radius 3 is 2.81 bits per heavy atom. The van der Waals surface area contributed by atoms with Gasteiger partial charge in [-0.1, -0.05) is 23.7 Å². The Morgan fingerprint density at radius 2 is 2.08 bits per heavy atom. The van der Waals surface area contributed by atoms with Crippen LogP contribution in [0, 0.1) is 0 Å². The number of rotatable bonds is 5. The van der Waals surface area contributed by atoms with Crippen LogP contribution in [0.25, 0.3) is 10.3 Å². The van der Waals surface area contributed by atoms with Gasteiger partial charge in [0.1, 0.15) is 22.1 Å². The van der Waals surface area contributed by atoms with Crippen LogP contribution in [0.15, 0.2) is 42.6 Å². The number of fused-ring (bicyclic) bond motifs is 2. The summed E-state index contributed by atoms with van der Waals surface area (Å²) in [5.74, 6) is 2.06. The number of pyridine rings is 1. The van der Waals surface area contributed by atoms with Crippen LogP contribution in [0.2, 0.25) is 5.02 Å². The van der Waals surface area contributed by atoms with Crippen LogP contribution < -0.4 is 9.47 Å². The second-order valence-electron chi connectivity index (χ2n) is 9.24. The van der Waals surface area contributed by atoms with E-state index in [0.717, 1.165) is 65.8 Å². The first-order valence-electron chi connectivity index (χ1n) is 11.9. The van der Waals surface area contributed by atoms with Crippen molar-refractivity contribution in [2.24, 2.45) is 7.05 Å². The molecule has 186 valence electrons. The number of hydrogen-bond donors (Lipinski definition) is 1. The minimum Gasteiger partial charge on any atom is -0.485 e. The molecule has 5 heterocycles. The lowest BCUT2D eigenvalue weighted by molar-refractivity contribution is 0.0702. The van der Waals surface area contributed by atoms with Crippen molar-refractivity contribution in [2.75, 3.05) is 19.7 Å². The molecular formula is C26H25ClN4O4S. The summed E-state index contributed by atoms with van der Waals surface area (Å²) in [5, 5.41) is 9.83. The predicted molar refractivity (Wildman–Crippen MR) is 137 cm³/mol. The van der Waals surface area contributed by atoms with Gasteiger partial charge in [-0.05, 0) is 56.1 Å². The lowest BCUT2D eigenvalue weighted by atomic mass is 9.88. The molecule has 2 aliphatic rings. The number of carbonyl (C=O) groups is 1. The van der Waals surface area contributed by atoms with E-state index in [0.29, 0.717) is 22.4 Å². The summed E-state index contributed by atoms with van der Waals surface area (Å²) in [5.41, 5.74) is 2.88. The van der Waals surface area contributed by atoms with Crippen LogP contribution in [0.5, 0.6) is 11.5 Å². The Balaban J connectivity index is 1.12. The average molecular weight is 525 g/mol. The van der Waals surface area contributed by atoms with Crippen molar-refractivity contribution in [1.29, 1.82) is 0 Å². The Morgan fingerprint density at radius 1 is 1.25 bits per heavy atom. The molecule has 0 saturated carbocycles. The molecule has 6 rings (SSSR count). The number of hydrogen-bond acceptors (Lipinski definition) is 7. The minimum absolute atomic E-state index is 0.258. The van der Waals surface area contributed by atoms with Crippen LogP contribution in [-0.4, -0.2) is 50.2 Å². The number of aromatic carboxylic acids is 1. The van der Waals surface area contributed by atoms with Crippen LogP contribution in [0.1, 0.15) is 51.6 Å². The Bertz CT molecular complexity index is 1430. The van der Waals surface area contributed by atoms with E-state index < -0.39 is 5.97 Å². The molecule has 0 radical (unpaired) electrons. The van der Waals surface area contributed by atoms with Crippen LogP contribution >= 0.6 is 22.9 Å². The molecule has 1 atom stereocenters. The number of halogens is 1. The predicted octanol–water partition coefficient (Wildman–Crippen LogP) is 5.27. The van der Waals surface area contributed by atoms with Gasteiger partial charge in [-0.2, -0.15) is 0 Å². The summed E-state index contributed by atoms with van der Waals surface area (Å²) < 4.78 is 14.5. The van der Waals surface area contributed by atoms with Gasteiger partial charge in [0.15, 0.2) is 17.6 Å². The molecule has 0 bridgehead atoms. The first-order valence-corrected chi connectivity index (χ1v) is 13.1. The summed E-state index contributed by atoms with van der Waals surface area (Å²) in [6.07, 6.45) is 3.40. The standard InChI is InChI=1S/C26H25ClN4O4S/c1-30-19-11-22(26(32)33)36-25(19)29-23(30)13-31-9-7-15(8-10-31)17-3-2-4-20-24(17)34-14-21(35-20)18-6-5-16(27)12-28-18/h2-6,11-12,15,21H,7-10,13-14H2,1H3,(H,32,33). The van der Waals surface area contributed by atoms with Gasteiger partial charge >= 0.3 is 5.97 Å². The topological polar surface area (TPSA) is 89.7 Å². The highest BCUT2D eigenvalue weighted by molar-refractivity contribution is 7.20. The second-order valence-corrected chi connectivity index (χ2v) is 10.7. The van der Waals surface area contributed by atoms with Gasteiger partial charge in [-0.3, -0.25) is 9.88 Å². The fraction of sp³-hybridized carbons (Fsp3) is 0.346. The SMILES string of the molecule is Cn1c(CN2CCC(c3cccc4c3OCC(c3ccc(Cl)cn3)O4)CC2)nc2sc(C(=O)O)cc21. The zero-order valence-electron chi connectivity index (χ0n) is 19.7. The number of aryl methyl sites for hydroxylation is 1. The number of thiophene rings is 1. The summed E-state index contributed by atoms with van der Waals surface area (Å²) in [7, 11) is 1.95. The smallest absolute Gasteiger partial charge is 0.346 e. The molecule has 4 aromatic rings. The summed E-state index contributed by atoms with van der Waals surface area (Å²) in [6.45, 7) is 3.06. The quantitative estimate of drug-likeness (QED) is 0.380. The van der Waals surface area contributed by atoms with Gasteiger partial charge in [-0.15, -0.1) is 11.3 Å². The highest BCUT2D eigenvalue weighted by Crippen LogP contribution is 2.44. The van der Waals surface area contributed by atoms with Gasteiger partial charge in [0.2, 0.25) is 0 Å². The average Bonchev–Trinajstić information content (AvgIpc) is 3.44. The van der Waals surface area contributed by atoms with E-state index in [4.69, 9.17) is 26.1 Å². The van der Waals surface area contributed by atoms with Gasteiger partial charge in [0, 0.05) is 18.8 Å². The Labute approximate surface area is 217 Å². The molecule has 0 amide bonds. The zero-order chi connectivity index (χ0) is 24.8. The molecule has 1 fully saturated rings. The van der Waals surface area contributed by atoms with E-state index in [2.05, 4.69) is 16.0 Å². The number of carboxylic acid groups (broad SMARTS) is 1. The Hall–Kier alpha value is -3.14. The number of nitrogens with zero attached hydrogens (tertiary/aromatic N) is 4. The number of piperidine rings is 1. The summed E-state index contributed by atoms with van der Waals surface area (Å²) >= 11 is 7.20. The third-order valence-electron chi connectivity index (χ3n) is 7.01. The fourth-order valence-corrected chi connectivity index (χ4v) is 6.07. The van der Waals surface area contributed by atoms with Crippen LogP contribution in [0.3, 0.4) is 0 Å². The zero-order valence-corrected chi connectivity index (χ0v) is 21.3. The van der Waals surface area contributed by atoms with Crippen LogP contribution in [0.4, 0.5) is 0 Å². The molecular weight excluding hydrogens is 500 g/mol. The second kappa shape index (κ2) is 9.38. The van der Waals surface area contributed by atoms with Crippen molar-refractivity contribution in [3.63, 3.8) is 0 Å². The van der Waals surface area contributed by atoms with E-state index in [1.807, 2.05) is 35.9 Å². The number of ether oxygens (including phenoxy) is 2. The molecule has 1 N–H and O–H groups in total. The third kappa shape index (κ3) is 4.31.